The molecule has 0 atom stereocenters. The van der Waals surface area contributed by atoms with Crippen LogP contribution in [0.3, 0.4) is 0 Å². The Hall–Kier alpha value is -3.22. The molecule has 4 aromatic rings. The van der Waals surface area contributed by atoms with Crippen LogP contribution in [-0.4, -0.2) is 51.3 Å². The molecule has 5 nitrogen and oxygen atoms in total. The van der Waals surface area contributed by atoms with E-state index in [1.165, 1.54) is 12.1 Å². The predicted octanol–water partition coefficient (Wildman–Crippen LogP) is 4.75. The van der Waals surface area contributed by atoms with Crippen LogP contribution in [0.5, 0.6) is 0 Å². The Morgan fingerprint density at radius 3 is 2.44 bits per heavy atom. The van der Waals surface area contributed by atoms with Gasteiger partial charge >= 0.3 is 0 Å². The standard InChI is InChI=1S/C25H22ClFN4O/c26-22-4-2-1-3-21(22)19-7-10-24-28-23(17-31(24)16-19)25(32)30-13-11-29(12-14-30)15-18-5-8-20(27)9-6-18/h1-10,16-17H,11-15H2. The quantitative estimate of drug-likeness (QED) is 0.452. The number of carbonyl (C=O) groups excluding carboxylic acids is 1. The second-order valence-corrected chi connectivity index (χ2v) is 8.39. The van der Waals surface area contributed by atoms with Gasteiger partial charge in [-0.25, -0.2) is 9.37 Å². The molecule has 1 aliphatic rings. The van der Waals surface area contributed by atoms with Gasteiger partial charge in [0, 0.05) is 55.7 Å². The fourth-order valence-electron chi connectivity index (χ4n) is 4.07. The van der Waals surface area contributed by atoms with E-state index in [9.17, 15) is 9.18 Å². The second kappa shape index (κ2) is 8.73. The van der Waals surface area contributed by atoms with Gasteiger partial charge in [-0.15, -0.1) is 0 Å². The lowest BCUT2D eigenvalue weighted by atomic mass is 10.1. The van der Waals surface area contributed by atoms with Crippen LogP contribution in [0.4, 0.5) is 4.39 Å². The first kappa shape index (κ1) is 20.7. The summed E-state index contributed by atoms with van der Waals surface area (Å²) in [6, 6.07) is 18.1. The highest BCUT2D eigenvalue weighted by atomic mass is 35.5. The third kappa shape index (κ3) is 4.24. The number of imidazole rings is 1. The molecule has 5 rings (SSSR count). The molecule has 0 saturated carbocycles. The molecule has 162 valence electrons. The Labute approximate surface area is 190 Å². The Kier molecular flexibility index (Phi) is 5.64. The summed E-state index contributed by atoms with van der Waals surface area (Å²) in [6.45, 7) is 3.57. The van der Waals surface area contributed by atoms with E-state index in [1.807, 2.05) is 51.9 Å². The number of carbonyl (C=O) groups is 1. The Bertz CT molecular complexity index is 1260. The average Bonchev–Trinajstić information content (AvgIpc) is 3.24. The molecule has 0 aliphatic carbocycles. The minimum atomic E-state index is -0.226. The lowest BCUT2D eigenvalue weighted by molar-refractivity contribution is 0.0623. The van der Waals surface area contributed by atoms with Gasteiger partial charge in [-0.2, -0.15) is 0 Å². The van der Waals surface area contributed by atoms with Gasteiger partial charge in [-0.1, -0.05) is 41.9 Å². The van der Waals surface area contributed by atoms with E-state index < -0.39 is 0 Å². The van der Waals surface area contributed by atoms with Crippen molar-refractivity contribution in [2.45, 2.75) is 6.54 Å². The van der Waals surface area contributed by atoms with Crippen LogP contribution in [0.1, 0.15) is 16.1 Å². The van der Waals surface area contributed by atoms with E-state index in [4.69, 9.17) is 11.6 Å². The molecule has 2 aromatic heterocycles. The van der Waals surface area contributed by atoms with Crippen LogP contribution in [0.25, 0.3) is 16.8 Å². The molecule has 32 heavy (non-hydrogen) atoms. The van der Waals surface area contributed by atoms with E-state index in [2.05, 4.69) is 9.88 Å². The van der Waals surface area contributed by atoms with Gasteiger partial charge in [0.2, 0.25) is 0 Å². The van der Waals surface area contributed by atoms with Crippen molar-refractivity contribution < 1.29 is 9.18 Å². The van der Waals surface area contributed by atoms with Crippen molar-refractivity contribution in [3.8, 4) is 11.1 Å². The van der Waals surface area contributed by atoms with Crippen LogP contribution >= 0.6 is 11.6 Å². The van der Waals surface area contributed by atoms with E-state index in [-0.39, 0.29) is 11.7 Å². The number of fused-ring (bicyclic) bond motifs is 1. The molecule has 2 aromatic carbocycles. The SMILES string of the molecule is O=C(c1cn2cc(-c3ccccc3Cl)ccc2n1)N1CCN(Cc2ccc(F)cc2)CC1. The molecule has 0 bridgehead atoms. The van der Waals surface area contributed by atoms with E-state index in [0.29, 0.717) is 23.8 Å². The lowest BCUT2D eigenvalue weighted by Crippen LogP contribution is -2.48. The molecule has 1 saturated heterocycles. The zero-order chi connectivity index (χ0) is 22.1. The fourth-order valence-corrected chi connectivity index (χ4v) is 4.31. The van der Waals surface area contributed by atoms with E-state index >= 15 is 0 Å². The largest absolute Gasteiger partial charge is 0.335 e. The molecule has 0 radical (unpaired) electrons. The number of hydrogen-bond acceptors (Lipinski definition) is 3. The number of rotatable bonds is 4. The summed E-state index contributed by atoms with van der Waals surface area (Å²) in [7, 11) is 0. The lowest BCUT2D eigenvalue weighted by Gasteiger charge is -2.34. The highest BCUT2D eigenvalue weighted by molar-refractivity contribution is 6.33. The molecule has 0 spiro atoms. The molecular formula is C25H22ClFN4O. The average molecular weight is 449 g/mol. The number of piperazine rings is 1. The minimum absolute atomic E-state index is 0.0607. The third-order valence-electron chi connectivity index (χ3n) is 5.83. The maximum atomic E-state index is 13.1. The summed E-state index contributed by atoms with van der Waals surface area (Å²) in [4.78, 5) is 21.7. The summed E-state index contributed by atoms with van der Waals surface area (Å²) in [5.41, 5.74) is 4.14. The molecule has 0 unspecified atom stereocenters. The van der Waals surface area contributed by atoms with Gasteiger partial charge in [-0.3, -0.25) is 9.69 Å². The second-order valence-electron chi connectivity index (χ2n) is 7.98. The molecule has 3 heterocycles. The highest BCUT2D eigenvalue weighted by Gasteiger charge is 2.24. The number of aromatic nitrogens is 2. The monoisotopic (exact) mass is 448 g/mol. The van der Waals surface area contributed by atoms with Crippen LogP contribution in [0.2, 0.25) is 5.02 Å². The van der Waals surface area contributed by atoms with Gasteiger partial charge in [0.05, 0.1) is 0 Å². The van der Waals surface area contributed by atoms with Crippen molar-refractivity contribution in [1.29, 1.82) is 0 Å². The van der Waals surface area contributed by atoms with E-state index in [1.54, 1.807) is 18.3 Å². The summed E-state index contributed by atoms with van der Waals surface area (Å²) in [5, 5.41) is 0.682. The fraction of sp³-hybridized carbons (Fsp3) is 0.200. The Morgan fingerprint density at radius 2 is 1.69 bits per heavy atom. The van der Waals surface area contributed by atoms with Crippen molar-refractivity contribution in [2.24, 2.45) is 0 Å². The van der Waals surface area contributed by atoms with Crippen LogP contribution in [-0.2, 0) is 6.54 Å². The number of pyridine rings is 1. The smallest absolute Gasteiger partial charge is 0.274 e. The first-order valence-corrected chi connectivity index (χ1v) is 10.9. The predicted molar refractivity (Wildman–Crippen MR) is 123 cm³/mol. The first-order chi connectivity index (χ1) is 15.6. The zero-order valence-corrected chi connectivity index (χ0v) is 18.2. The summed E-state index contributed by atoms with van der Waals surface area (Å²) >= 11 is 6.33. The third-order valence-corrected chi connectivity index (χ3v) is 6.16. The van der Waals surface area contributed by atoms with Crippen molar-refractivity contribution >= 4 is 23.2 Å². The molecule has 0 N–H and O–H groups in total. The highest BCUT2D eigenvalue weighted by Crippen LogP contribution is 2.27. The molecule has 1 fully saturated rings. The summed E-state index contributed by atoms with van der Waals surface area (Å²) in [5.74, 6) is -0.287. The van der Waals surface area contributed by atoms with Crippen molar-refractivity contribution in [2.75, 3.05) is 26.2 Å². The number of amides is 1. The van der Waals surface area contributed by atoms with Gasteiger partial charge in [-0.05, 0) is 41.5 Å². The molecule has 1 amide bonds. The number of hydrogen-bond donors (Lipinski definition) is 0. The van der Waals surface area contributed by atoms with E-state index in [0.717, 1.165) is 42.0 Å². The molecule has 7 heteroatoms. The summed E-state index contributed by atoms with van der Waals surface area (Å²) < 4.78 is 15.0. The van der Waals surface area contributed by atoms with Crippen molar-refractivity contribution in [3.05, 3.63) is 95.2 Å². The van der Waals surface area contributed by atoms with Crippen LogP contribution < -0.4 is 0 Å². The summed E-state index contributed by atoms with van der Waals surface area (Å²) in [6.07, 6.45) is 3.73. The number of nitrogens with zero attached hydrogens (tertiary/aromatic N) is 4. The van der Waals surface area contributed by atoms with Crippen LogP contribution in [0, 0.1) is 5.82 Å². The molecular weight excluding hydrogens is 427 g/mol. The van der Waals surface area contributed by atoms with Crippen molar-refractivity contribution in [3.63, 3.8) is 0 Å². The molecule has 1 aliphatic heterocycles. The Balaban J connectivity index is 1.27. The zero-order valence-electron chi connectivity index (χ0n) is 17.4. The first-order valence-electron chi connectivity index (χ1n) is 10.6. The number of halogens is 2. The minimum Gasteiger partial charge on any atom is -0.335 e. The normalized spacial score (nSPS) is 14.8. The maximum absolute atomic E-state index is 13.1. The van der Waals surface area contributed by atoms with Crippen molar-refractivity contribution in [1.82, 2.24) is 19.2 Å². The Morgan fingerprint density at radius 1 is 0.938 bits per heavy atom. The van der Waals surface area contributed by atoms with Gasteiger partial charge in [0.1, 0.15) is 17.2 Å². The van der Waals surface area contributed by atoms with Gasteiger partial charge in [0.15, 0.2) is 0 Å². The number of benzene rings is 2. The maximum Gasteiger partial charge on any atom is 0.274 e. The van der Waals surface area contributed by atoms with Crippen LogP contribution in [0.15, 0.2) is 73.1 Å². The van der Waals surface area contributed by atoms with Gasteiger partial charge < -0.3 is 9.30 Å². The van der Waals surface area contributed by atoms with Gasteiger partial charge in [0.25, 0.3) is 5.91 Å². The topological polar surface area (TPSA) is 40.9 Å².